The van der Waals surface area contributed by atoms with Crippen molar-refractivity contribution in [3.63, 3.8) is 0 Å². The second kappa shape index (κ2) is 8.82. The van der Waals surface area contributed by atoms with Gasteiger partial charge in [0.05, 0.1) is 24.3 Å². The number of ether oxygens (including phenoxy) is 1. The van der Waals surface area contributed by atoms with E-state index in [0.717, 1.165) is 27.7 Å². The molecule has 0 aliphatic heterocycles. The minimum Gasteiger partial charge on any atom is -0.493 e. The monoisotopic (exact) mass is 380 g/mol. The molecule has 5 heteroatoms. The molecule has 0 fully saturated rings. The second-order valence-corrected chi connectivity index (χ2v) is 7.43. The van der Waals surface area contributed by atoms with Crippen molar-refractivity contribution < 1.29 is 9.53 Å². The number of hydrogen-bond donors (Lipinski definition) is 1. The average Bonchev–Trinajstić information content (AvgIpc) is 3.11. The molecule has 3 aromatic rings. The highest BCUT2D eigenvalue weighted by atomic mass is 32.1. The summed E-state index contributed by atoms with van der Waals surface area (Å²) in [5.74, 6) is 1.22. The standard InChI is InChI=1S/C22H24N2O2S/c1-4-26-20-8-6-5-7-19(20)22-24-18(14-27-22)13-21(25)23-17-11-9-16(10-12-17)15(2)3/h5-12,14-15H,4,13H2,1-3H3,(H,23,25). The Morgan fingerprint density at radius 1 is 1.15 bits per heavy atom. The fraction of sp³-hybridized carbons (Fsp3) is 0.273. The van der Waals surface area contributed by atoms with Gasteiger partial charge in [0.2, 0.25) is 5.91 Å². The van der Waals surface area contributed by atoms with E-state index in [0.29, 0.717) is 12.5 Å². The zero-order chi connectivity index (χ0) is 19.2. The number of hydrogen-bond acceptors (Lipinski definition) is 4. The van der Waals surface area contributed by atoms with E-state index >= 15 is 0 Å². The molecule has 3 rings (SSSR count). The highest BCUT2D eigenvalue weighted by molar-refractivity contribution is 7.13. The van der Waals surface area contributed by atoms with Crippen LogP contribution in [0.15, 0.2) is 53.9 Å². The third-order valence-corrected chi connectivity index (χ3v) is 5.10. The number of anilines is 1. The van der Waals surface area contributed by atoms with Crippen LogP contribution in [0.2, 0.25) is 0 Å². The van der Waals surface area contributed by atoms with Gasteiger partial charge in [0, 0.05) is 11.1 Å². The molecule has 0 bridgehead atoms. The number of carbonyl (C=O) groups excluding carboxylic acids is 1. The number of nitrogens with one attached hydrogen (secondary N) is 1. The highest BCUT2D eigenvalue weighted by Gasteiger charge is 2.12. The van der Waals surface area contributed by atoms with Gasteiger partial charge in [-0.05, 0) is 42.7 Å². The number of carbonyl (C=O) groups is 1. The second-order valence-electron chi connectivity index (χ2n) is 6.57. The van der Waals surface area contributed by atoms with E-state index < -0.39 is 0 Å². The van der Waals surface area contributed by atoms with Crippen LogP contribution in [0.4, 0.5) is 5.69 Å². The summed E-state index contributed by atoms with van der Waals surface area (Å²) in [6, 6.07) is 15.8. The first kappa shape index (κ1) is 19.1. The maximum atomic E-state index is 12.3. The Labute approximate surface area is 164 Å². The van der Waals surface area contributed by atoms with Crippen molar-refractivity contribution in [1.82, 2.24) is 4.98 Å². The zero-order valence-electron chi connectivity index (χ0n) is 15.9. The van der Waals surface area contributed by atoms with Crippen LogP contribution >= 0.6 is 11.3 Å². The topological polar surface area (TPSA) is 51.2 Å². The van der Waals surface area contributed by atoms with Gasteiger partial charge in [0.25, 0.3) is 0 Å². The lowest BCUT2D eigenvalue weighted by atomic mass is 10.0. The van der Waals surface area contributed by atoms with E-state index in [1.165, 1.54) is 16.9 Å². The van der Waals surface area contributed by atoms with E-state index in [9.17, 15) is 4.79 Å². The quantitative estimate of drug-likeness (QED) is 0.588. The number of rotatable bonds is 7. The molecule has 0 aliphatic rings. The molecule has 0 saturated heterocycles. The highest BCUT2D eigenvalue weighted by Crippen LogP contribution is 2.32. The van der Waals surface area contributed by atoms with Crippen molar-refractivity contribution in [2.75, 3.05) is 11.9 Å². The maximum absolute atomic E-state index is 12.3. The number of para-hydroxylation sites is 1. The molecule has 1 N–H and O–H groups in total. The van der Waals surface area contributed by atoms with E-state index in [4.69, 9.17) is 4.74 Å². The van der Waals surface area contributed by atoms with Gasteiger partial charge in [-0.3, -0.25) is 4.79 Å². The molecule has 0 aliphatic carbocycles. The van der Waals surface area contributed by atoms with Gasteiger partial charge >= 0.3 is 0 Å². The largest absolute Gasteiger partial charge is 0.493 e. The number of amides is 1. The number of nitrogens with zero attached hydrogens (tertiary/aromatic N) is 1. The van der Waals surface area contributed by atoms with Crippen LogP contribution in [0.5, 0.6) is 5.75 Å². The van der Waals surface area contributed by atoms with Gasteiger partial charge in [-0.2, -0.15) is 0 Å². The molecule has 0 saturated carbocycles. The summed E-state index contributed by atoms with van der Waals surface area (Å²) >= 11 is 1.52. The minimum absolute atomic E-state index is 0.0674. The van der Waals surface area contributed by atoms with Crippen LogP contribution in [0.1, 0.15) is 37.9 Å². The van der Waals surface area contributed by atoms with Gasteiger partial charge in [-0.15, -0.1) is 11.3 Å². The van der Waals surface area contributed by atoms with Crippen molar-refractivity contribution in [1.29, 1.82) is 0 Å². The molecule has 4 nitrogen and oxygen atoms in total. The minimum atomic E-state index is -0.0674. The molecule has 1 heterocycles. The molecule has 0 spiro atoms. The predicted molar refractivity (Wildman–Crippen MR) is 112 cm³/mol. The van der Waals surface area contributed by atoms with Crippen LogP contribution in [0.3, 0.4) is 0 Å². The molecule has 1 aromatic heterocycles. The van der Waals surface area contributed by atoms with Crippen molar-refractivity contribution in [3.8, 4) is 16.3 Å². The van der Waals surface area contributed by atoms with Crippen molar-refractivity contribution in [3.05, 3.63) is 65.2 Å². The third-order valence-electron chi connectivity index (χ3n) is 4.17. The molecule has 27 heavy (non-hydrogen) atoms. The first-order chi connectivity index (χ1) is 13.1. The molecule has 0 unspecified atom stereocenters. The Morgan fingerprint density at radius 2 is 1.89 bits per heavy atom. The van der Waals surface area contributed by atoms with Crippen LogP contribution in [-0.2, 0) is 11.2 Å². The molecule has 1 amide bonds. The molecule has 0 radical (unpaired) electrons. The van der Waals surface area contributed by atoms with Crippen molar-refractivity contribution >= 4 is 22.9 Å². The third kappa shape index (κ3) is 4.95. The lowest BCUT2D eigenvalue weighted by molar-refractivity contribution is -0.115. The summed E-state index contributed by atoms with van der Waals surface area (Å²) in [6.07, 6.45) is 0.249. The Kier molecular flexibility index (Phi) is 6.24. The van der Waals surface area contributed by atoms with Gasteiger partial charge in [0.1, 0.15) is 10.8 Å². The Balaban J connectivity index is 1.66. The Hall–Kier alpha value is -2.66. The summed E-state index contributed by atoms with van der Waals surface area (Å²) < 4.78 is 5.67. The maximum Gasteiger partial charge on any atom is 0.230 e. The van der Waals surface area contributed by atoms with Crippen molar-refractivity contribution in [2.45, 2.75) is 33.1 Å². The fourth-order valence-corrected chi connectivity index (χ4v) is 3.61. The van der Waals surface area contributed by atoms with E-state index in [-0.39, 0.29) is 12.3 Å². The Bertz CT molecular complexity index is 901. The molecular formula is C22H24N2O2S. The van der Waals surface area contributed by atoms with Crippen molar-refractivity contribution in [2.24, 2.45) is 0 Å². The molecule has 140 valence electrons. The van der Waals surface area contributed by atoms with Gasteiger partial charge in [-0.25, -0.2) is 4.98 Å². The fourth-order valence-electron chi connectivity index (χ4n) is 2.76. The molecule has 0 atom stereocenters. The lowest BCUT2D eigenvalue weighted by Crippen LogP contribution is -2.14. The molecule has 2 aromatic carbocycles. The number of thiazole rings is 1. The first-order valence-corrected chi connectivity index (χ1v) is 10.0. The van der Waals surface area contributed by atoms with E-state index in [1.54, 1.807) is 0 Å². The van der Waals surface area contributed by atoms with E-state index in [1.807, 2.05) is 60.8 Å². The average molecular weight is 381 g/mol. The normalized spacial score (nSPS) is 10.8. The van der Waals surface area contributed by atoms with E-state index in [2.05, 4.69) is 24.1 Å². The summed E-state index contributed by atoms with van der Waals surface area (Å²) in [5.41, 5.74) is 3.78. The van der Waals surface area contributed by atoms with Crippen LogP contribution in [-0.4, -0.2) is 17.5 Å². The Morgan fingerprint density at radius 3 is 2.59 bits per heavy atom. The summed E-state index contributed by atoms with van der Waals surface area (Å²) in [5, 5.41) is 5.73. The van der Waals surface area contributed by atoms with Crippen LogP contribution < -0.4 is 10.1 Å². The van der Waals surface area contributed by atoms with Gasteiger partial charge < -0.3 is 10.1 Å². The summed E-state index contributed by atoms with van der Waals surface area (Å²) in [4.78, 5) is 17.0. The smallest absolute Gasteiger partial charge is 0.230 e. The predicted octanol–water partition coefficient (Wildman–Crippen LogP) is 5.51. The van der Waals surface area contributed by atoms with Crippen LogP contribution in [0.25, 0.3) is 10.6 Å². The summed E-state index contributed by atoms with van der Waals surface area (Å²) in [7, 11) is 0. The zero-order valence-corrected chi connectivity index (χ0v) is 16.7. The van der Waals surface area contributed by atoms with Crippen LogP contribution in [0, 0.1) is 0 Å². The first-order valence-electron chi connectivity index (χ1n) is 9.13. The summed E-state index contributed by atoms with van der Waals surface area (Å²) in [6.45, 7) is 6.86. The number of aromatic nitrogens is 1. The van der Waals surface area contributed by atoms with Gasteiger partial charge in [0.15, 0.2) is 0 Å². The SMILES string of the molecule is CCOc1ccccc1-c1nc(CC(=O)Nc2ccc(C(C)C)cc2)cs1. The molecular weight excluding hydrogens is 356 g/mol. The lowest BCUT2D eigenvalue weighted by Gasteiger charge is -2.08. The van der Waals surface area contributed by atoms with Gasteiger partial charge in [-0.1, -0.05) is 38.1 Å². The number of benzene rings is 2.